The van der Waals surface area contributed by atoms with Gasteiger partial charge in [-0.15, -0.1) is 0 Å². The van der Waals surface area contributed by atoms with E-state index in [1.54, 1.807) is 31.2 Å². The Kier molecular flexibility index (Phi) is 9.97. The van der Waals surface area contributed by atoms with Gasteiger partial charge in [0.2, 0.25) is 21.8 Å². The molecule has 0 bridgehead atoms. The average molecular weight is 591 g/mol. The number of ether oxygens (including phenoxy) is 1. The minimum Gasteiger partial charge on any atom is -0.495 e. The summed E-state index contributed by atoms with van der Waals surface area (Å²) in [5.74, 6) is -0.703. The fourth-order valence-electron chi connectivity index (χ4n) is 4.26. The molecule has 8 nitrogen and oxygen atoms in total. The molecule has 1 aliphatic rings. The number of nitrogens with zero attached hydrogens (tertiary/aromatic N) is 2. The standard InChI is InChI=1S/C25H30Cl3N3O5S/c1-16(25(33)29-20-6-4-5-7-20)30(14-17-8-9-18(26)12-21(17)28)24(32)15-31(37(3,34)35)22-13-19(27)10-11-23(22)36-2/h8-13,16,20H,4-7,14-15H2,1-3H3,(H,29,33)/t16-/m0/s1. The first-order chi connectivity index (χ1) is 17.4. The van der Waals surface area contributed by atoms with Gasteiger partial charge in [-0.05, 0) is 55.7 Å². The van der Waals surface area contributed by atoms with Crippen LogP contribution in [0, 0.1) is 0 Å². The largest absolute Gasteiger partial charge is 0.495 e. The van der Waals surface area contributed by atoms with Crippen molar-refractivity contribution in [1.82, 2.24) is 10.2 Å². The second-order valence-corrected chi connectivity index (χ2v) is 12.2. The van der Waals surface area contributed by atoms with Crippen LogP contribution >= 0.6 is 34.8 Å². The molecule has 1 atom stereocenters. The number of amides is 2. The van der Waals surface area contributed by atoms with Crippen molar-refractivity contribution >= 4 is 62.3 Å². The Morgan fingerprint density at radius 1 is 1.08 bits per heavy atom. The summed E-state index contributed by atoms with van der Waals surface area (Å²) in [4.78, 5) is 28.2. The number of carbonyl (C=O) groups excluding carboxylic acids is 2. The zero-order valence-electron chi connectivity index (χ0n) is 20.8. The van der Waals surface area contributed by atoms with Gasteiger partial charge in [-0.2, -0.15) is 0 Å². The maximum absolute atomic E-state index is 13.7. The molecular formula is C25H30Cl3N3O5S. The highest BCUT2D eigenvalue weighted by atomic mass is 35.5. The molecule has 0 aliphatic heterocycles. The van der Waals surface area contributed by atoms with Gasteiger partial charge < -0.3 is 15.0 Å². The predicted molar refractivity (Wildman–Crippen MR) is 147 cm³/mol. The van der Waals surface area contributed by atoms with Gasteiger partial charge in [-0.25, -0.2) is 8.42 Å². The normalized spacial score (nSPS) is 14.8. The monoisotopic (exact) mass is 589 g/mol. The van der Waals surface area contributed by atoms with Crippen LogP contribution in [0.1, 0.15) is 38.2 Å². The molecule has 37 heavy (non-hydrogen) atoms. The summed E-state index contributed by atoms with van der Waals surface area (Å²) in [7, 11) is -2.56. The van der Waals surface area contributed by atoms with Gasteiger partial charge in [0.15, 0.2) is 0 Å². The van der Waals surface area contributed by atoms with Crippen molar-refractivity contribution in [3.63, 3.8) is 0 Å². The van der Waals surface area contributed by atoms with Gasteiger partial charge in [0.25, 0.3) is 0 Å². The van der Waals surface area contributed by atoms with E-state index in [-0.39, 0.29) is 35.0 Å². The Hall–Kier alpha value is -2.20. The summed E-state index contributed by atoms with van der Waals surface area (Å²) in [5.41, 5.74) is 0.671. The smallest absolute Gasteiger partial charge is 0.244 e. The van der Waals surface area contributed by atoms with Crippen molar-refractivity contribution in [3.05, 3.63) is 57.0 Å². The van der Waals surface area contributed by atoms with Crippen molar-refractivity contribution < 1.29 is 22.7 Å². The topological polar surface area (TPSA) is 96.0 Å². The molecule has 0 unspecified atom stereocenters. The Balaban J connectivity index is 1.96. The van der Waals surface area contributed by atoms with Crippen LogP contribution in [-0.4, -0.2) is 57.1 Å². The first-order valence-corrected chi connectivity index (χ1v) is 14.7. The Labute approximate surface area is 232 Å². The summed E-state index contributed by atoms with van der Waals surface area (Å²) in [5, 5.41) is 4.03. The number of sulfonamides is 1. The summed E-state index contributed by atoms with van der Waals surface area (Å²) < 4.78 is 31.8. The minimum absolute atomic E-state index is 0.0294. The molecule has 0 spiro atoms. The van der Waals surface area contributed by atoms with E-state index in [2.05, 4.69) is 5.32 Å². The van der Waals surface area contributed by atoms with E-state index in [0.717, 1.165) is 36.2 Å². The second-order valence-electron chi connectivity index (χ2n) is 9.01. The van der Waals surface area contributed by atoms with Crippen LogP contribution in [-0.2, 0) is 26.2 Å². The lowest BCUT2D eigenvalue weighted by molar-refractivity contribution is -0.139. The first kappa shape index (κ1) is 29.4. The molecule has 2 amide bonds. The Morgan fingerprint density at radius 3 is 2.30 bits per heavy atom. The van der Waals surface area contributed by atoms with Gasteiger partial charge in [0, 0.05) is 27.7 Å². The van der Waals surface area contributed by atoms with Gasteiger partial charge >= 0.3 is 0 Å². The number of methoxy groups -OCH3 is 1. The van der Waals surface area contributed by atoms with Crippen molar-refractivity contribution in [3.8, 4) is 5.75 Å². The van der Waals surface area contributed by atoms with Crippen LogP contribution in [0.5, 0.6) is 5.75 Å². The van der Waals surface area contributed by atoms with Gasteiger partial charge in [0.1, 0.15) is 18.3 Å². The highest BCUT2D eigenvalue weighted by Crippen LogP contribution is 2.33. The van der Waals surface area contributed by atoms with Crippen LogP contribution in [0.15, 0.2) is 36.4 Å². The number of halogens is 3. The van der Waals surface area contributed by atoms with Crippen LogP contribution in [0.2, 0.25) is 15.1 Å². The second kappa shape index (κ2) is 12.6. The van der Waals surface area contributed by atoms with Crippen LogP contribution in [0.3, 0.4) is 0 Å². The molecule has 2 aromatic rings. The highest BCUT2D eigenvalue weighted by molar-refractivity contribution is 7.92. The third kappa shape index (κ3) is 7.66. The molecular weight excluding hydrogens is 561 g/mol. The molecule has 0 heterocycles. The van der Waals surface area contributed by atoms with Crippen molar-refractivity contribution in [2.24, 2.45) is 0 Å². The predicted octanol–water partition coefficient (Wildman–Crippen LogP) is 4.90. The van der Waals surface area contributed by atoms with E-state index >= 15 is 0 Å². The van der Waals surface area contributed by atoms with Gasteiger partial charge in [-0.1, -0.05) is 53.7 Å². The Bertz CT molecular complexity index is 1250. The maximum Gasteiger partial charge on any atom is 0.244 e. The van der Waals surface area contributed by atoms with E-state index in [1.807, 2.05) is 0 Å². The maximum atomic E-state index is 13.7. The molecule has 0 aromatic heterocycles. The summed E-state index contributed by atoms with van der Waals surface area (Å²) in [6, 6.07) is 8.47. The molecule has 3 rings (SSSR count). The van der Waals surface area contributed by atoms with E-state index in [4.69, 9.17) is 39.5 Å². The lowest BCUT2D eigenvalue weighted by atomic mass is 10.1. The lowest BCUT2D eigenvalue weighted by Gasteiger charge is -2.32. The molecule has 0 saturated heterocycles. The number of hydrogen-bond acceptors (Lipinski definition) is 5. The lowest BCUT2D eigenvalue weighted by Crippen LogP contribution is -2.52. The quantitative estimate of drug-likeness (QED) is 0.425. The minimum atomic E-state index is -3.94. The van der Waals surface area contributed by atoms with Gasteiger partial charge in [-0.3, -0.25) is 13.9 Å². The zero-order valence-corrected chi connectivity index (χ0v) is 23.9. The number of hydrogen-bond donors (Lipinski definition) is 1. The van der Waals surface area contributed by atoms with Crippen LogP contribution < -0.4 is 14.4 Å². The van der Waals surface area contributed by atoms with E-state index in [9.17, 15) is 18.0 Å². The summed E-state index contributed by atoms with van der Waals surface area (Å²) in [6.07, 6.45) is 4.81. The number of benzene rings is 2. The van der Waals surface area contributed by atoms with Crippen molar-refractivity contribution in [2.45, 2.75) is 51.2 Å². The van der Waals surface area contributed by atoms with E-state index in [0.29, 0.717) is 15.6 Å². The third-order valence-corrected chi connectivity index (χ3v) is 8.26. The molecule has 12 heteroatoms. The van der Waals surface area contributed by atoms with Crippen molar-refractivity contribution in [2.75, 3.05) is 24.2 Å². The molecule has 202 valence electrons. The molecule has 1 aliphatic carbocycles. The van der Waals surface area contributed by atoms with Gasteiger partial charge in [0.05, 0.1) is 19.1 Å². The molecule has 2 aromatic carbocycles. The fraction of sp³-hybridized carbons (Fsp3) is 0.440. The molecule has 0 radical (unpaired) electrons. The third-order valence-electron chi connectivity index (χ3n) is 6.31. The number of carbonyl (C=O) groups is 2. The van der Waals surface area contributed by atoms with Crippen molar-refractivity contribution in [1.29, 1.82) is 0 Å². The number of nitrogens with one attached hydrogen (secondary N) is 1. The molecule has 1 saturated carbocycles. The van der Waals surface area contributed by atoms with Crippen LogP contribution in [0.25, 0.3) is 0 Å². The molecule has 1 N–H and O–H groups in total. The average Bonchev–Trinajstić information content (AvgIpc) is 3.33. The van der Waals surface area contributed by atoms with Crippen LogP contribution in [0.4, 0.5) is 5.69 Å². The van der Waals surface area contributed by atoms with E-state index in [1.165, 1.54) is 24.1 Å². The Morgan fingerprint density at radius 2 is 1.70 bits per heavy atom. The first-order valence-electron chi connectivity index (χ1n) is 11.8. The SMILES string of the molecule is COc1ccc(Cl)cc1N(CC(=O)N(Cc1ccc(Cl)cc1Cl)[C@@H](C)C(=O)NC1CCCC1)S(C)(=O)=O. The number of anilines is 1. The highest BCUT2D eigenvalue weighted by Gasteiger charge is 2.32. The number of rotatable bonds is 10. The van der Waals surface area contributed by atoms with E-state index < -0.39 is 28.5 Å². The molecule has 1 fully saturated rings. The summed E-state index contributed by atoms with van der Waals surface area (Å²) in [6.45, 7) is 0.997. The zero-order chi connectivity index (χ0) is 27.3. The summed E-state index contributed by atoms with van der Waals surface area (Å²) >= 11 is 18.5. The fourth-order valence-corrected chi connectivity index (χ4v) is 5.74.